The molecule has 3 rings (SSSR count). The van der Waals surface area contributed by atoms with E-state index < -0.39 is 0 Å². The minimum absolute atomic E-state index is 0.239. The number of aromatic nitrogens is 5. The molecular formula is C12H10N6OS. The fraction of sp³-hybridized carbons (Fsp3) is 0.0833. The number of hydrogen-bond acceptors (Lipinski definition) is 6. The Morgan fingerprint density at radius 2 is 2.20 bits per heavy atom. The van der Waals surface area contributed by atoms with Crippen molar-refractivity contribution in [2.24, 2.45) is 0 Å². The van der Waals surface area contributed by atoms with Crippen LogP contribution in [0.3, 0.4) is 0 Å². The Balaban J connectivity index is 2.02. The number of nitrogens with zero attached hydrogens (tertiary/aromatic N) is 5. The largest absolute Gasteiger partial charge is 0.285 e. The molecule has 0 aliphatic carbocycles. The average molecular weight is 286 g/mol. The molecule has 0 saturated carbocycles. The van der Waals surface area contributed by atoms with Crippen LogP contribution in [0.15, 0.2) is 35.5 Å². The highest BCUT2D eigenvalue weighted by Crippen LogP contribution is 2.23. The number of carbonyl (C=O) groups is 1. The highest BCUT2D eigenvalue weighted by Gasteiger charge is 2.25. The number of nitrogens with one attached hydrogen (secondary N) is 1. The van der Waals surface area contributed by atoms with E-state index in [1.54, 1.807) is 23.2 Å². The van der Waals surface area contributed by atoms with Gasteiger partial charge in [-0.1, -0.05) is 6.07 Å². The molecule has 0 atom stereocenters. The van der Waals surface area contributed by atoms with Crippen molar-refractivity contribution in [3.8, 4) is 0 Å². The summed E-state index contributed by atoms with van der Waals surface area (Å²) in [5.74, 6) is 0.390. The van der Waals surface area contributed by atoms with Gasteiger partial charge in [-0.25, -0.2) is 9.88 Å². The molecule has 0 spiro atoms. The van der Waals surface area contributed by atoms with Crippen LogP contribution in [0.25, 0.3) is 0 Å². The normalized spacial score (nSPS) is 10.4. The van der Waals surface area contributed by atoms with Crippen LogP contribution < -0.4 is 4.90 Å². The molecule has 0 aromatic carbocycles. The number of rotatable bonds is 3. The maximum Gasteiger partial charge on any atom is 0.285 e. The molecule has 100 valence electrons. The second kappa shape index (κ2) is 5.17. The lowest BCUT2D eigenvalue weighted by atomic mass is 10.2. The Morgan fingerprint density at radius 3 is 2.80 bits per heavy atom. The summed E-state index contributed by atoms with van der Waals surface area (Å²) in [7, 11) is 0. The minimum Gasteiger partial charge on any atom is -0.266 e. The summed E-state index contributed by atoms with van der Waals surface area (Å²) in [6.07, 6.45) is 3.05. The molecule has 7 nitrogen and oxygen atoms in total. The van der Waals surface area contributed by atoms with Gasteiger partial charge in [-0.2, -0.15) is 4.98 Å². The zero-order valence-electron chi connectivity index (χ0n) is 10.5. The number of amides is 1. The summed E-state index contributed by atoms with van der Waals surface area (Å²) < 4.78 is 0. The Labute approximate surface area is 118 Å². The summed E-state index contributed by atoms with van der Waals surface area (Å²) in [6, 6.07) is 3.50. The van der Waals surface area contributed by atoms with E-state index in [2.05, 4.69) is 25.1 Å². The van der Waals surface area contributed by atoms with Crippen molar-refractivity contribution in [3.63, 3.8) is 0 Å². The van der Waals surface area contributed by atoms with Gasteiger partial charge in [-0.05, 0) is 18.6 Å². The summed E-state index contributed by atoms with van der Waals surface area (Å²) in [4.78, 5) is 26.2. The monoisotopic (exact) mass is 286 g/mol. The van der Waals surface area contributed by atoms with Gasteiger partial charge in [0.05, 0.1) is 5.51 Å². The molecule has 3 aromatic heterocycles. The fourth-order valence-corrected chi connectivity index (χ4v) is 2.15. The van der Waals surface area contributed by atoms with Gasteiger partial charge in [0.2, 0.25) is 0 Å². The van der Waals surface area contributed by atoms with Crippen LogP contribution in [0.1, 0.15) is 16.1 Å². The number of H-pyrrole nitrogens is 1. The van der Waals surface area contributed by atoms with Gasteiger partial charge in [0, 0.05) is 11.6 Å². The van der Waals surface area contributed by atoms with Crippen LogP contribution in [-0.2, 0) is 0 Å². The van der Waals surface area contributed by atoms with Crippen molar-refractivity contribution < 1.29 is 4.79 Å². The van der Waals surface area contributed by atoms with Crippen molar-refractivity contribution in [3.05, 3.63) is 46.8 Å². The van der Waals surface area contributed by atoms with Crippen LogP contribution in [0, 0.1) is 6.92 Å². The highest BCUT2D eigenvalue weighted by atomic mass is 32.1. The molecule has 1 N–H and O–H groups in total. The first-order valence-electron chi connectivity index (χ1n) is 5.77. The lowest BCUT2D eigenvalue weighted by molar-refractivity contribution is 0.0992. The topological polar surface area (TPSA) is 87.7 Å². The summed E-state index contributed by atoms with van der Waals surface area (Å²) in [6.45, 7) is 1.91. The van der Waals surface area contributed by atoms with E-state index in [9.17, 15) is 4.79 Å². The van der Waals surface area contributed by atoms with Gasteiger partial charge in [0.25, 0.3) is 11.9 Å². The third-order valence-electron chi connectivity index (χ3n) is 2.58. The molecule has 1 amide bonds. The molecule has 3 heterocycles. The van der Waals surface area contributed by atoms with Crippen LogP contribution in [-0.4, -0.2) is 31.1 Å². The van der Waals surface area contributed by atoms with Gasteiger partial charge in [-0.15, -0.1) is 16.4 Å². The van der Waals surface area contributed by atoms with E-state index in [4.69, 9.17) is 0 Å². The minimum atomic E-state index is -0.324. The maximum atomic E-state index is 12.6. The first kappa shape index (κ1) is 12.4. The van der Waals surface area contributed by atoms with Crippen molar-refractivity contribution in [1.29, 1.82) is 0 Å². The number of aromatic amines is 1. The lowest BCUT2D eigenvalue weighted by Gasteiger charge is -2.15. The molecule has 0 aliphatic rings. The van der Waals surface area contributed by atoms with Gasteiger partial charge < -0.3 is 0 Å². The second-order valence-electron chi connectivity index (χ2n) is 4.01. The van der Waals surface area contributed by atoms with E-state index in [0.717, 1.165) is 5.56 Å². The van der Waals surface area contributed by atoms with Crippen molar-refractivity contribution in [1.82, 2.24) is 25.1 Å². The van der Waals surface area contributed by atoms with E-state index >= 15 is 0 Å². The Bertz CT molecular complexity index is 658. The molecule has 3 aromatic rings. The smallest absolute Gasteiger partial charge is 0.266 e. The lowest BCUT2D eigenvalue weighted by Crippen LogP contribution is -2.28. The van der Waals surface area contributed by atoms with E-state index in [-0.39, 0.29) is 11.9 Å². The third kappa shape index (κ3) is 2.28. The first-order valence-corrected chi connectivity index (χ1v) is 6.71. The number of carbonyl (C=O) groups excluding carboxylic acids is 1. The molecule has 0 saturated heterocycles. The highest BCUT2D eigenvalue weighted by molar-refractivity contribution is 7.07. The van der Waals surface area contributed by atoms with E-state index in [1.807, 2.05) is 13.0 Å². The van der Waals surface area contributed by atoms with Crippen LogP contribution in [0.4, 0.5) is 11.8 Å². The second-order valence-corrected chi connectivity index (χ2v) is 4.73. The van der Waals surface area contributed by atoms with Crippen LogP contribution in [0.5, 0.6) is 0 Å². The average Bonchev–Trinajstić information content (AvgIpc) is 3.13. The molecule has 8 heteroatoms. The van der Waals surface area contributed by atoms with Crippen molar-refractivity contribution in [2.75, 3.05) is 4.90 Å². The molecule has 0 bridgehead atoms. The predicted molar refractivity (Wildman–Crippen MR) is 73.9 cm³/mol. The summed E-state index contributed by atoms with van der Waals surface area (Å²) >= 11 is 1.39. The van der Waals surface area contributed by atoms with Gasteiger partial charge in [0.15, 0.2) is 5.82 Å². The molecule has 0 radical (unpaired) electrons. The Hall–Kier alpha value is -2.61. The fourth-order valence-electron chi connectivity index (χ4n) is 1.63. The summed E-state index contributed by atoms with van der Waals surface area (Å²) in [5.41, 5.74) is 2.94. The Morgan fingerprint density at radius 1 is 1.30 bits per heavy atom. The quantitative estimate of drug-likeness (QED) is 0.795. The SMILES string of the molecule is Cc1ccc(C(=O)N(c2cscn2)c2nc[nH]n2)nc1. The first-order chi connectivity index (χ1) is 9.75. The molecule has 0 fully saturated rings. The number of aryl methyl sites for hydroxylation is 1. The number of pyridine rings is 1. The summed E-state index contributed by atoms with van der Waals surface area (Å²) in [5, 5.41) is 8.28. The molecule has 0 aliphatic heterocycles. The van der Waals surface area contributed by atoms with Gasteiger partial charge in [0.1, 0.15) is 12.0 Å². The third-order valence-corrected chi connectivity index (χ3v) is 3.16. The zero-order chi connectivity index (χ0) is 13.9. The van der Waals surface area contributed by atoms with Gasteiger partial charge in [-0.3, -0.25) is 14.9 Å². The standard InChI is InChI=1S/C12H10N6OS/c1-8-2-3-9(13-4-8)11(19)18(10-5-20-7-15-10)12-14-6-16-17-12/h2-7H,1H3,(H,14,16,17). The Kier molecular flexibility index (Phi) is 3.21. The zero-order valence-corrected chi connectivity index (χ0v) is 11.3. The number of anilines is 2. The van der Waals surface area contributed by atoms with Crippen molar-refractivity contribution in [2.45, 2.75) is 6.92 Å². The van der Waals surface area contributed by atoms with E-state index in [0.29, 0.717) is 11.5 Å². The van der Waals surface area contributed by atoms with Gasteiger partial charge >= 0.3 is 0 Å². The molecule has 20 heavy (non-hydrogen) atoms. The molecular weight excluding hydrogens is 276 g/mol. The van der Waals surface area contributed by atoms with Crippen LogP contribution >= 0.6 is 11.3 Å². The predicted octanol–water partition coefficient (Wildman–Crippen LogP) is 1.94. The molecule has 0 unspecified atom stereocenters. The van der Waals surface area contributed by atoms with E-state index in [1.165, 1.54) is 22.6 Å². The maximum absolute atomic E-state index is 12.6. The number of thiazole rings is 1. The van der Waals surface area contributed by atoms with Crippen molar-refractivity contribution >= 4 is 29.0 Å². The van der Waals surface area contributed by atoms with Crippen LogP contribution in [0.2, 0.25) is 0 Å². The number of hydrogen-bond donors (Lipinski definition) is 1.